The van der Waals surface area contributed by atoms with E-state index in [0.29, 0.717) is 25.4 Å². The average Bonchev–Trinajstić information content (AvgIpc) is 3.31. The van der Waals surface area contributed by atoms with Crippen molar-refractivity contribution < 1.29 is 13.9 Å². The number of fused-ring (bicyclic) bond motifs is 3. The van der Waals surface area contributed by atoms with Gasteiger partial charge in [-0.3, -0.25) is 9.48 Å². The Labute approximate surface area is 146 Å². The van der Waals surface area contributed by atoms with E-state index in [0.717, 1.165) is 54.9 Å². The molecule has 1 aliphatic carbocycles. The molecule has 134 valence electrons. The lowest BCUT2D eigenvalue weighted by atomic mass is 9.93. The van der Waals surface area contributed by atoms with Crippen molar-refractivity contribution in [1.82, 2.24) is 15.1 Å². The van der Waals surface area contributed by atoms with Crippen molar-refractivity contribution in [2.75, 3.05) is 19.7 Å². The van der Waals surface area contributed by atoms with E-state index < -0.39 is 0 Å². The monoisotopic (exact) mass is 344 g/mol. The van der Waals surface area contributed by atoms with Gasteiger partial charge in [-0.15, -0.1) is 0 Å². The summed E-state index contributed by atoms with van der Waals surface area (Å²) < 4.78 is 13.3. The van der Waals surface area contributed by atoms with Gasteiger partial charge in [0.25, 0.3) is 5.91 Å². The molecule has 1 aliphatic heterocycles. The van der Waals surface area contributed by atoms with Gasteiger partial charge in [0.1, 0.15) is 5.76 Å². The minimum absolute atomic E-state index is 0.118. The second-order valence-electron chi connectivity index (χ2n) is 6.75. The third-order valence-corrected chi connectivity index (χ3v) is 4.99. The molecule has 0 radical (unpaired) electrons. The fraction of sp³-hybridized carbons (Fsp3) is 0.556. The first-order valence-electron chi connectivity index (χ1n) is 8.96. The number of nitrogens with two attached hydrogens (primary N) is 1. The number of ether oxygens (including phenoxy) is 1. The highest BCUT2D eigenvalue weighted by Crippen LogP contribution is 2.38. The van der Waals surface area contributed by atoms with Gasteiger partial charge >= 0.3 is 0 Å². The number of aromatic nitrogens is 2. The fourth-order valence-electron chi connectivity index (χ4n) is 3.72. The number of furan rings is 1. The summed E-state index contributed by atoms with van der Waals surface area (Å²) >= 11 is 0. The number of nitrogens with zero attached hydrogens (tertiary/aromatic N) is 2. The normalized spacial score (nSPS) is 18.9. The molecule has 2 aliphatic rings. The highest BCUT2D eigenvalue weighted by Gasteiger charge is 2.30. The van der Waals surface area contributed by atoms with Crippen LogP contribution >= 0.6 is 0 Å². The Hall–Kier alpha value is -2.12. The Balaban J connectivity index is 1.57. The topological polar surface area (TPSA) is 95.3 Å². The van der Waals surface area contributed by atoms with Crippen LogP contribution in [0.25, 0.3) is 11.3 Å². The van der Waals surface area contributed by atoms with Gasteiger partial charge in [0.2, 0.25) is 0 Å². The predicted molar refractivity (Wildman–Crippen MR) is 92.4 cm³/mol. The largest absolute Gasteiger partial charge is 0.455 e. The summed E-state index contributed by atoms with van der Waals surface area (Å²) in [6.07, 6.45) is 5.88. The molecule has 2 aromatic rings. The van der Waals surface area contributed by atoms with Crippen molar-refractivity contribution in [1.29, 1.82) is 0 Å². The Kier molecular flexibility index (Phi) is 4.35. The van der Waals surface area contributed by atoms with Crippen LogP contribution < -0.4 is 11.1 Å². The third-order valence-electron chi connectivity index (χ3n) is 4.99. The number of aryl methyl sites for hydroxylation is 2. The number of hydrogen-bond donors (Lipinski definition) is 2. The van der Waals surface area contributed by atoms with E-state index in [1.165, 1.54) is 5.56 Å². The van der Waals surface area contributed by atoms with Gasteiger partial charge in [-0.25, -0.2) is 0 Å². The first-order valence-corrected chi connectivity index (χ1v) is 8.96. The maximum atomic E-state index is 12.6. The molecule has 1 fully saturated rings. The van der Waals surface area contributed by atoms with Gasteiger partial charge in [0, 0.05) is 43.4 Å². The van der Waals surface area contributed by atoms with Crippen LogP contribution in [0, 0.1) is 6.92 Å². The van der Waals surface area contributed by atoms with E-state index in [-0.39, 0.29) is 12.0 Å². The Morgan fingerprint density at radius 2 is 2.36 bits per heavy atom. The number of hydrogen-bond acceptors (Lipinski definition) is 5. The molecule has 0 unspecified atom stereocenters. The van der Waals surface area contributed by atoms with Crippen molar-refractivity contribution in [3.63, 3.8) is 0 Å². The zero-order valence-electron chi connectivity index (χ0n) is 14.5. The van der Waals surface area contributed by atoms with Gasteiger partial charge in [0.15, 0.2) is 5.76 Å². The van der Waals surface area contributed by atoms with E-state index >= 15 is 0 Å². The van der Waals surface area contributed by atoms with Crippen LogP contribution in [-0.2, 0) is 24.1 Å². The summed E-state index contributed by atoms with van der Waals surface area (Å²) in [5.74, 6) is 1.07. The molecule has 25 heavy (non-hydrogen) atoms. The molecule has 3 heterocycles. The molecular formula is C18H24N4O3. The molecule has 0 spiro atoms. The first-order chi connectivity index (χ1) is 12.2. The third kappa shape index (κ3) is 2.98. The molecule has 7 nitrogen and oxygen atoms in total. The summed E-state index contributed by atoms with van der Waals surface area (Å²) in [5.41, 5.74) is 9.58. The molecular weight excluding hydrogens is 320 g/mol. The zero-order valence-corrected chi connectivity index (χ0v) is 14.5. The van der Waals surface area contributed by atoms with Crippen molar-refractivity contribution in [2.45, 2.75) is 45.3 Å². The van der Waals surface area contributed by atoms with Crippen LogP contribution in [0.4, 0.5) is 0 Å². The molecule has 3 N–H and O–H groups in total. The van der Waals surface area contributed by atoms with Crippen LogP contribution in [-0.4, -0.2) is 41.5 Å². The second kappa shape index (κ2) is 6.65. The van der Waals surface area contributed by atoms with E-state index in [4.69, 9.17) is 14.9 Å². The fourth-order valence-corrected chi connectivity index (χ4v) is 3.72. The lowest BCUT2D eigenvalue weighted by molar-refractivity contribution is 0.0833. The number of carbonyl (C=O) groups excluding carboxylic acids is 1. The van der Waals surface area contributed by atoms with Crippen LogP contribution in [0.15, 0.2) is 10.6 Å². The summed E-state index contributed by atoms with van der Waals surface area (Å²) in [5, 5.41) is 7.59. The number of nitrogens with one attached hydrogen (secondary N) is 1. The highest BCUT2D eigenvalue weighted by atomic mass is 16.5. The zero-order chi connectivity index (χ0) is 17.4. The minimum Gasteiger partial charge on any atom is -0.455 e. The van der Waals surface area contributed by atoms with Crippen molar-refractivity contribution in [3.8, 4) is 11.3 Å². The van der Waals surface area contributed by atoms with Gasteiger partial charge in [-0.05, 0) is 31.7 Å². The lowest BCUT2D eigenvalue weighted by Gasteiger charge is -2.10. The van der Waals surface area contributed by atoms with Crippen LogP contribution in [0.1, 0.15) is 40.3 Å². The standard InChI is InChI=1S/C18H24N4O3/c1-11-15-14(5-4-12-10-22(7-6-19)21-16(12)15)25-17(11)18(23)20-9-13-3-2-8-24-13/h10,13H,2-9,19H2,1H3,(H,20,23)/t13-/m0/s1. The van der Waals surface area contributed by atoms with Gasteiger partial charge in [0.05, 0.1) is 18.3 Å². The molecule has 7 heteroatoms. The molecule has 0 aromatic carbocycles. The summed E-state index contributed by atoms with van der Waals surface area (Å²) in [6.45, 7) is 4.48. The smallest absolute Gasteiger partial charge is 0.287 e. The number of rotatable bonds is 5. The Morgan fingerprint density at radius 1 is 1.48 bits per heavy atom. The van der Waals surface area contributed by atoms with Crippen LogP contribution in [0.2, 0.25) is 0 Å². The first kappa shape index (κ1) is 16.4. The maximum Gasteiger partial charge on any atom is 0.287 e. The van der Waals surface area contributed by atoms with E-state index in [1.807, 2.05) is 11.6 Å². The Bertz CT molecular complexity index is 787. The van der Waals surface area contributed by atoms with Gasteiger partial charge in [-0.2, -0.15) is 5.10 Å². The predicted octanol–water partition coefficient (Wildman–Crippen LogP) is 1.42. The van der Waals surface area contributed by atoms with Crippen molar-refractivity contribution in [2.24, 2.45) is 5.73 Å². The molecule has 0 saturated carbocycles. The quantitative estimate of drug-likeness (QED) is 0.855. The lowest BCUT2D eigenvalue weighted by Crippen LogP contribution is -2.31. The second-order valence-corrected chi connectivity index (χ2v) is 6.75. The Morgan fingerprint density at radius 3 is 3.12 bits per heavy atom. The number of carbonyl (C=O) groups is 1. The average molecular weight is 344 g/mol. The molecule has 1 amide bonds. The van der Waals surface area contributed by atoms with E-state index in [1.54, 1.807) is 0 Å². The summed E-state index contributed by atoms with van der Waals surface area (Å²) in [6, 6.07) is 0. The summed E-state index contributed by atoms with van der Waals surface area (Å²) in [4.78, 5) is 12.6. The number of amides is 1. The van der Waals surface area contributed by atoms with Crippen LogP contribution in [0.3, 0.4) is 0 Å². The van der Waals surface area contributed by atoms with Crippen molar-refractivity contribution in [3.05, 3.63) is 28.8 Å². The molecule has 1 atom stereocenters. The van der Waals surface area contributed by atoms with Crippen molar-refractivity contribution >= 4 is 5.91 Å². The molecule has 4 rings (SSSR count). The van der Waals surface area contributed by atoms with E-state index in [9.17, 15) is 4.79 Å². The molecule has 1 saturated heterocycles. The SMILES string of the molecule is Cc1c(C(=O)NC[C@@H]2CCCO2)oc2c1-c1nn(CCN)cc1CC2. The van der Waals surface area contributed by atoms with Gasteiger partial charge < -0.3 is 20.2 Å². The summed E-state index contributed by atoms with van der Waals surface area (Å²) in [7, 11) is 0. The maximum absolute atomic E-state index is 12.6. The highest BCUT2D eigenvalue weighted by molar-refractivity contribution is 5.95. The minimum atomic E-state index is -0.176. The molecule has 2 aromatic heterocycles. The van der Waals surface area contributed by atoms with E-state index in [2.05, 4.69) is 16.6 Å². The molecule has 0 bridgehead atoms. The van der Waals surface area contributed by atoms with Gasteiger partial charge in [-0.1, -0.05) is 0 Å². The van der Waals surface area contributed by atoms with Crippen LogP contribution in [0.5, 0.6) is 0 Å².